The monoisotopic (exact) mass is 526 g/mol. The van der Waals surface area contributed by atoms with Crippen LogP contribution < -0.4 is 14.8 Å². The van der Waals surface area contributed by atoms with Crippen molar-refractivity contribution in [2.24, 2.45) is 0 Å². The molecule has 190 valence electrons. The fourth-order valence-corrected chi connectivity index (χ4v) is 4.55. The van der Waals surface area contributed by atoms with E-state index in [1.165, 1.54) is 25.3 Å². The number of pyridine rings is 1. The number of carbonyl (C=O) groups excluding carboxylic acids is 1. The number of anilines is 1. The van der Waals surface area contributed by atoms with Crippen molar-refractivity contribution in [1.82, 2.24) is 4.98 Å². The maximum atomic E-state index is 12.7. The van der Waals surface area contributed by atoms with E-state index in [1.807, 2.05) is 42.5 Å². The quantitative estimate of drug-likeness (QED) is 0.161. The molecule has 0 aliphatic heterocycles. The molecule has 0 bridgehead atoms. The van der Waals surface area contributed by atoms with Crippen molar-refractivity contribution in [2.75, 3.05) is 25.3 Å². The molecule has 0 spiro atoms. The van der Waals surface area contributed by atoms with Gasteiger partial charge in [0.05, 0.1) is 36.2 Å². The molecule has 3 aromatic carbocycles. The van der Waals surface area contributed by atoms with Crippen molar-refractivity contribution in [3.8, 4) is 40.0 Å². The molecule has 9 nitrogen and oxygen atoms in total. The molecule has 0 radical (unpaired) electrons. The molecule has 4 aromatic rings. The highest BCUT2D eigenvalue weighted by atomic mass is 32.2. The normalized spacial score (nSPS) is 10.3. The van der Waals surface area contributed by atoms with Crippen LogP contribution in [0.25, 0.3) is 22.4 Å². The Hall–Kier alpha value is -4.88. The Kier molecular flexibility index (Phi) is 8.20. The van der Waals surface area contributed by atoms with Gasteiger partial charge in [0.15, 0.2) is 11.5 Å². The highest BCUT2D eigenvalue weighted by molar-refractivity contribution is 8.00. The van der Waals surface area contributed by atoms with E-state index >= 15 is 0 Å². The molecule has 10 heteroatoms. The third-order valence-corrected chi connectivity index (χ3v) is 6.52. The molecule has 1 amide bonds. The van der Waals surface area contributed by atoms with Gasteiger partial charge in [-0.25, -0.2) is 4.98 Å². The van der Waals surface area contributed by atoms with Gasteiger partial charge in [-0.2, -0.15) is 5.26 Å². The van der Waals surface area contributed by atoms with Crippen LogP contribution in [0.3, 0.4) is 0 Å². The van der Waals surface area contributed by atoms with Gasteiger partial charge in [0.2, 0.25) is 5.91 Å². The van der Waals surface area contributed by atoms with Gasteiger partial charge in [0.1, 0.15) is 11.1 Å². The number of thioether (sulfide) groups is 1. The minimum absolute atomic E-state index is 0.0615. The molecule has 0 saturated heterocycles. The second kappa shape index (κ2) is 11.9. The molecule has 0 unspecified atom stereocenters. The summed E-state index contributed by atoms with van der Waals surface area (Å²) in [6.07, 6.45) is 0. The zero-order valence-electron chi connectivity index (χ0n) is 20.5. The predicted molar refractivity (Wildman–Crippen MR) is 145 cm³/mol. The third-order valence-electron chi connectivity index (χ3n) is 5.54. The first-order valence-electron chi connectivity index (χ1n) is 11.3. The first kappa shape index (κ1) is 26.2. The van der Waals surface area contributed by atoms with Gasteiger partial charge >= 0.3 is 0 Å². The number of nitrogens with one attached hydrogen (secondary N) is 1. The standard InChI is InChI=1S/C28H22N4O5S/c1-36-25-12-11-19(13-26(25)37-2)22-15-24(18-7-4-3-5-8-18)31-28(23(22)16-29)38-17-27(33)30-20-9-6-10-21(14-20)32(34)35/h3-15H,17H2,1-2H3,(H,30,33). The van der Waals surface area contributed by atoms with Crippen molar-refractivity contribution in [3.63, 3.8) is 0 Å². The highest BCUT2D eigenvalue weighted by Gasteiger charge is 2.19. The van der Waals surface area contributed by atoms with Gasteiger partial charge < -0.3 is 14.8 Å². The van der Waals surface area contributed by atoms with E-state index in [2.05, 4.69) is 11.4 Å². The van der Waals surface area contributed by atoms with Crippen molar-refractivity contribution < 1.29 is 19.2 Å². The number of amides is 1. The summed E-state index contributed by atoms with van der Waals surface area (Å²) < 4.78 is 10.8. The number of aromatic nitrogens is 1. The van der Waals surface area contributed by atoms with Gasteiger partial charge in [-0.05, 0) is 29.8 Å². The minimum Gasteiger partial charge on any atom is -0.493 e. The van der Waals surface area contributed by atoms with E-state index in [9.17, 15) is 20.2 Å². The van der Waals surface area contributed by atoms with Crippen LogP contribution in [-0.4, -0.2) is 35.8 Å². The van der Waals surface area contributed by atoms with Crippen LogP contribution in [0.4, 0.5) is 11.4 Å². The maximum absolute atomic E-state index is 12.7. The van der Waals surface area contributed by atoms with Gasteiger partial charge in [-0.3, -0.25) is 14.9 Å². The average Bonchev–Trinajstić information content (AvgIpc) is 2.95. The number of nitrogens with zero attached hydrogens (tertiary/aromatic N) is 3. The lowest BCUT2D eigenvalue weighted by Gasteiger charge is -2.14. The lowest BCUT2D eigenvalue weighted by molar-refractivity contribution is -0.384. The summed E-state index contributed by atoms with van der Waals surface area (Å²) in [6.45, 7) is 0. The molecule has 1 N–H and O–H groups in total. The number of nitro groups is 1. The van der Waals surface area contributed by atoms with Crippen LogP contribution in [0, 0.1) is 21.4 Å². The smallest absolute Gasteiger partial charge is 0.271 e. The maximum Gasteiger partial charge on any atom is 0.271 e. The van der Waals surface area contributed by atoms with Crippen molar-refractivity contribution in [2.45, 2.75) is 5.03 Å². The van der Waals surface area contributed by atoms with Gasteiger partial charge in [0, 0.05) is 28.9 Å². The van der Waals surface area contributed by atoms with Crippen LogP contribution in [0.5, 0.6) is 11.5 Å². The van der Waals surface area contributed by atoms with Crippen molar-refractivity contribution in [1.29, 1.82) is 5.26 Å². The molecule has 1 heterocycles. The van der Waals surface area contributed by atoms with Crippen LogP contribution in [0.15, 0.2) is 83.9 Å². The van der Waals surface area contributed by atoms with Crippen molar-refractivity contribution >= 4 is 29.0 Å². The topological polar surface area (TPSA) is 127 Å². The Morgan fingerprint density at radius 2 is 1.76 bits per heavy atom. The Morgan fingerprint density at radius 3 is 2.45 bits per heavy atom. The molecule has 0 saturated carbocycles. The molecule has 0 fully saturated rings. The summed E-state index contributed by atoms with van der Waals surface area (Å²) in [5.41, 5.74) is 3.33. The minimum atomic E-state index is -0.529. The summed E-state index contributed by atoms with van der Waals surface area (Å²) in [5, 5.41) is 24.2. The van der Waals surface area contributed by atoms with E-state index < -0.39 is 4.92 Å². The van der Waals surface area contributed by atoms with Gasteiger partial charge in [0.25, 0.3) is 5.69 Å². The van der Waals surface area contributed by atoms with E-state index in [4.69, 9.17) is 14.5 Å². The van der Waals surface area contributed by atoms with Crippen LogP contribution >= 0.6 is 11.8 Å². The first-order chi connectivity index (χ1) is 18.4. The number of hydrogen-bond donors (Lipinski definition) is 1. The summed E-state index contributed by atoms with van der Waals surface area (Å²) >= 11 is 1.11. The number of carbonyl (C=O) groups is 1. The molecule has 4 rings (SSSR count). The zero-order chi connectivity index (χ0) is 27.1. The highest BCUT2D eigenvalue weighted by Crippen LogP contribution is 2.38. The summed E-state index contributed by atoms with van der Waals surface area (Å²) in [5.74, 6) is 0.615. The van der Waals surface area contributed by atoms with Gasteiger partial charge in [-0.1, -0.05) is 54.2 Å². The molecule has 0 aliphatic rings. The summed E-state index contributed by atoms with van der Waals surface area (Å²) in [4.78, 5) is 27.9. The fourth-order valence-electron chi connectivity index (χ4n) is 3.75. The van der Waals surface area contributed by atoms with Crippen LogP contribution in [0.1, 0.15) is 5.56 Å². The predicted octanol–water partition coefficient (Wildman–Crippen LogP) is 5.94. The second-order valence-corrected chi connectivity index (χ2v) is 8.89. The molecular weight excluding hydrogens is 504 g/mol. The number of methoxy groups -OCH3 is 2. The van der Waals surface area contributed by atoms with E-state index in [1.54, 1.807) is 25.3 Å². The summed E-state index contributed by atoms with van der Waals surface area (Å²) in [6, 6.07) is 24.7. The second-order valence-electron chi connectivity index (χ2n) is 7.93. The summed E-state index contributed by atoms with van der Waals surface area (Å²) in [7, 11) is 3.08. The Labute approximate surface area is 223 Å². The number of hydrogen-bond acceptors (Lipinski definition) is 8. The van der Waals surface area contributed by atoms with Crippen LogP contribution in [-0.2, 0) is 4.79 Å². The van der Waals surface area contributed by atoms with Gasteiger partial charge in [-0.15, -0.1) is 0 Å². The zero-order valence-corrected chi connectivity index (χ0v) is 21.3. The number of nitro benzene ring substituents is 1. The lowest BCUT2D eigenvalue weighted by atomic mass is 9.99. The molecular formula is C28H22N4O5S. The molecule has 0 atom stereocenters. The number of rotatable bonds is 9. The third kappa shape index (κ3) is 5.91. The molecule has 1 aromatic heterocycles. The number of nitriles is 1. The fraction of sp³-hybridized carbons (Fsp3) is 0.107. The SMILES string of the molecule is COc1ccc(-c2cc(-c3ccccc3)nc(SCC(=O)Nc3cccc([N+](=O)[O-])c3)c2C#N)cc1OC. The van der Waals surface area contributed by atoms with E-state index in [-0.39, 0.29) is 17.3 Å². The molecule has 0 aliphatic carbocycles. The first-order valence-corrected chi connectivity index (χ1v) is 12.3. The number of ether oxygens (including phenoxy) is 2. The molecule has 38 heavy (non-hydrogen) atoms. The lowest BCUT2D eigenvalue weighted by Crippen LogP contribution is -2.14. The Morgan fingerprint density at radius 1 is 1.00 bits per heavy atom. The van der Waals surface area contributed by atoms with E-state index in [0.717, 1.165) is 22.9 Å². The largest absolute Gasteiger partial charge is 0.493 e. The van der Waals surface area contributed by atoms with E-state index in [0.29, 0.717) is 39.0 Å². The van der Waals surface area contributed by atoms with Crippen molar-refractivity contribution in [3.05, 3.63) is 94.5 Å². The average molecular weight is 527 g/mol. The number of non-ortho nitro benzene ring substituents is 1. The number of benzene rings is 3. The van der Waals surface area contributed by atoms with Crippen LogP contribution in [0.2, 0.25) is 0 Å². The Balaban J connectivity index is 1.70. The Bertz CT molecular complexity index is 1540.